The van der Waals surface area contributed by atoms with E-state index in [9.17, 15) is 4.79 Å². The number of carbonyl (C=O) groups excluding carboxylic acids is 1. The molecule has 0 bridgehead atoms. The highest BCUT2D eigenvalue weighted by Gasteiger charge is 2.56. The zero-order valence-corrected chi connectivity index (χ0v) is 16.5. The van der Waals surface area contributed by atoms with Crippen LogP contribution < -0.4 is 4.74 Å². The second-order valence-corrected chi connectivity index (χ2v) is 8.74. The standard InChI is InChI=1S/C22H32O4/c1-21(2,17-11-13-22(3)19(14-17)26-22)12-5-6-20(23)25-15-16-7-9-18(24-4)10-8-16/h7-10,17,19H,5-6,11-15H2,1-4H3/t17-,19-,22+/m1/s1. The Kier molecular flexibility index (Phi) is 5.61. The van der Waals surface area contributed by atoms with Gasteiger partial charge in [0.15, 0.2) is 0 Å². The lowest BCUT2D eigenvalue weighted by molar-refractivity contribution is -0.145. The molecule has 3 rings (SSSR count). The Balaban J connectivity index is 1.36. The number of carbonyl (C=O) groups is 1. The van der Waals surface area contributed by atoms with Crippen LogP contribution in [0.1, 0.15) is 64.9 Å². The monoisotopic (exact) mass is 360 g/mol. The van der Waals surface area contributed by atoms with Crippen LogP contribution in [0.2, 0.25) is 0 Å². The summed E-state index contributed by atoms with van der Waals surface area (Å²) in [5.41, 5.74) is 1.41. The van der Waals surface area contributed by atoms with Crippen LogP contribution in [0.5, 0.6) is 5.75 Å². The summed E-state index contributed by atoms with van der Waals surface area (Å²) in [7, 11) is 1.64. The van der Waals surface area contributed by atoms with E-state index in [2.05, 4.69) is 20.8 Å². The van der Waals surface area contributed by atoms with Crippen LogP contribution >= 0.6 is 0 Å². The molecule has 2 aliphatic rings. The molecule has 1 aliphatic carbocycles. The second-order valence-electron chi connectivity index (χ2n) is 8.74. The van der Waals surface area contributed by atoms with Gasteiger partial charge in [0.25, 0.3) is 0 Å². The fourth-order valence-corrected chi connectivity index (χ4v) is 4.21. The normalized spacial score (nSPS) is 27.5. The highest BCUT2D eigenvalue weighted by Crippen LogP contribution is 2.54. The van der Waals surface area contributed by atoms with Crippen molar-refractivity contribution in [1.82, 2.24) is 0 Å². The van der Waals surface area contributed by atoms with E-state index in [0.717, 1.165) is 24.2 Å². The minimum Gasteiger partial charge on any atom is -0.497 e. The third-order valence-corrected chi connectivity index (χ3v) is 6.39. The molecule has 0 N–H and O–H groups in total. The quantitative estimate of drug-likeness (QED) is 0.489. The van der Waals surface area contributed by atoms with Gasteiger partial charge in [0.2, 0.25) is 0 Å². The molecule has 144 valence electrons. The van der Waals surface area contributed by atoms with Crippen molar-refractivity contribution in [3.63, 3.8) is 0 Å². The molecule has 1 heterocycles. The average Bonchev–Trinajstić information content (AvgIpc) is 3.30. The van der Waals surface area contributed by atoms with Gasteiger partial charge in [0, 0.05) is 6.42 Å². The Hall–Kier alpha value is -1.55. The van der Waals surface area contributed by atoms with Crippen molar-refractivity contribution in [1.29, 1.82) is 0 Å². The van der Waals surface area contributed by atoms with Crippen LogP contribution in [0.4, 0.5) is 0 Å². The smallest absolute Gasteiger partial charge is 0.306 e. The Labute approximate surface area is 157 Å². The third kappa shape index (κ3) is 4.59. The molecule has 1 aromatic carbocycles. The molecule has 0 spiro atoms. The number of ether oxygens (including phenoxy) is 3. The largest absolute Gasteiger partial charge is 0.497 e. The van der Waals surface area contributed by atoms with Crippen LogP contribution in [0, 0.1) is 11.3 Å². The summed E-state index contributed by atoms with van der Waals surface area (Å²) in [5.74, 6) is 1.39. The first-order valence-corrected chi connectivity index (χ1v) is 9.79. The van der Waals surface area contributed by atoms with Gasteiger partial charge in [-0.3, -0.25) is 4.79 Å². The van der Waals surface area contributed by atoms with Gasteiger partial charge in [0.05, 0.1) is 18.8 Å². The van der Waals surface area contributed by atoms with Gasteiger partial charge in [-0.1, -0.05) is 26.0 Å². The summed E-state index contributed by atoms with van der Waals surface area (Å²) < 4.78 is 16.4. The summed E-state index contributed by atoms with van der Waals surface area (Å²) in [6, 6.07) is 7.60. The number of benzene rings is 1. The summed E-state index contributed by atoms with van der Waals surface area (Å²) >= 11 is 0. The van der Waals surface area contributed by atoms with E-state index in [-0.39, 0.29) is 17.0 Å². The first-order chi connectivity index (χ1) is 12.3. The third-order valence-electron chi connectivity index (χ3n) is 6.39. The van der Waals surface area contributed by atoms with Crippen LogP contribution in [-0.2, 0) is 20.9 Å². The van der Waals surface area contributed by atoms with E-state index in [4.69, 9.17) is 14.2 Å². The maximum Gasteiger partial charge on any atom is 0.306 e. The van der Waals surface area contributed by atoms with Crippen LogP contribution in [-0.4, -0.2) is 24.8 Å². The van der Waals surface area contributed by atoms with Gasteiger partial charge in [0.1, 0.15) is 12.4 Å². The molecule has 3 atom stereocenters. The van der Waals surface area contributed by atoms with Crippen LogP contribution in [0.25, 0.3) is 0 Å². The Bertz CT molecular complexity index is 622. The summed E-state index contributed by atoms with van der Waals surface area (Å²) in [6.07, 6.45) is 6.48. The van der Waals surface area contributed by atoms with Crippen molar-refractivity contribution in [3.05, 3.63) is 29.8 Å². The number of methoxy groups -OCH3 is 1. The van der Waals surface area contributed by atoms with E-state index in [1.807, 2.05) is 24.3 Å². The highest BCUT2D eigenvalue weighted by molar-refractivity contribution is 5.69. The van der Waals surface area contributed by atoms with Gasteiger partial charge >= 0.3 is 5.97 Å². The second kappa shape index (κ2) is 7.59. The molecule has 1 aliphatic heterocycles. The van der Waals surface area contributed by atoms with Crippen molar-refractivity contribution in [2.24, 2.45) is 11.3 Å². The molecular weight excluding hydrogens is 328 g/mol. The molecule has 0 unspecified atom stereocenters. The van der Waals surface area contributed by atoms with Crippen molar-refractivity contribution >= 4 is 5.97 Å². The zero-order chi connectivity index (χ0) is 18.8. The molecule has 1 saturated carbocycles. The maximum atomic E-state index is 12.0. The van der Waals surface area contributed by atoms with Crippen molar-refractivity contribution < 1.29 is 19.0 Å². The number of epoxide rings is 1. The van der Waals surface area contributed by atoms with Crippen molar-refractivity contribution in [3.8, 4) is 5.75 Å². The SMILES string of the molecule is COc1ccc(COC(=O)CCCC(C)(C)[C@@H]2CC[C@]3(C)O[C@@H]3C2)cc1. The predicted octanol–water partition coefficient (Wildman–Crippen LogP) is 4.89. The molecule has 0 aromatic heterocycles. The minimum atomic E-state index is -0.113. The Morgan fingerprint density at radius 3 is 2.69 bits per heavy atom. The number of hydrogen-bond acceptors (Lipinski definition) is 4. The number of rotatable bonds is 8. The number of hydrogen-bond donors (Lipinski definition) is 0. The van der Waals surface area contributed by atoms with Crippen LogP contribution in [0.3, 0.4) is 0 Å². The molecule has 4 nitrogen and oxygen atoms in total. The molecule has 1 saturated heterocycles. The Morgan fingerprint density at radius 2 is 2.04 bits per heavy atom. The number of fused-ring (bicyclic) bond motifs is 1. The topological polar surface area (TPSA) is 48.1 Å². The molecule has 2 fully saturated rings. The van der Waals surface area contributed by atoms with E-state index in [1.165, 1.54) is 19.3 Å². The predicted molar refractivity (Wildman–Crippen MR) is 101 cm³/mol. The van der Waals surface area contributed by atoms with E-state index in [1.54, 1.807) is 7.11 Å². The molecule has 4 heteroatoms. The maximum absolute atomic E-state index is 12.0. The minimum absolute atomic E-state index is 0.113. The average molecular weight is 360 g/mol. The lowest BCUT2D eigenvalue weighted by atomic mass is 9.67. The van der Waals surface area contributed by atoms with Crippen LogP contribution in [0.15, 0.2) is 24.3 Å². The zero-order valence-electron chi connectivity index (χ0n) is 16.5. The van der Waals surface area contributed by atoms with Gasteiger partial charge in [-0.2, -0.15) is 0 Å². The lowest BCUT2D eigenvalue weighted by Gasteiger charge is -2.37. The lowest BCUT2D eigenvalue weighted by Crippen LogP contribution is -2.31. The molecular formula is C22H32O4. The van der Waals surface area contributed by atoms with Gasteiger partial charge < -0.3 is 14.2 Å². The number of esters is 1. The highest BCUT2D eigenvalue weighted by atomic mass is 16.6. The first-order valence-electron chi connectivity index (χ1n) is 9.79. The Morgan fingerprint density at radius 1 is 1.31 bits per heavy atom. The fraction of sp³-hybridized carbons (Fsp3) is 0.682. The van der Waals surface area contributed by atoms with E-state index in [0.29, 0.717) is 25.0 Å². The summed E-state index contributed by atoms with van der Waals surface area (Å²) in [4.78, 5) is 12.0. The van der Waals surface area contributed by atoms with E-state index >= 15 is 0 Å². The summed E-state index contributed by atoms with van der Waals surface area (Å²) in [5, 5.41) is 0. The van der Waals surface area contributed by atoms with Gasteiger partial charge in [-0.25, -0.2) is 0 Å². The fourth-order valence-electron chi connectivity index (χ4n) is 4.21. The van der Waals surface area contributed by atoms with Gasteiger partial charge in [-0.05, 0) is 68.1 Å². The molecule has 1 aromatic rings. The summed E-state index contributed by atoms with van der Waals surface area (Å²) in [6.45, 7) is 7.24. The van der Waals surface area contributed by atoms with Gasteiger partial charge in [-0.15, -0.1) is 0 Å². The van der Waals surface area contributed by atoms with Crippen molar-refractivity contribution in [2.45, 2.75) is 77.6 Å². The molecule has 26 heavy (non-hydrogen) atoms. The first kappa shape index (κ1) is 19.2. The van der Waals surface area contributed by atoms with Crippen molar-refractivity contribution in [2.75, 3.05) is 7.11 Å². The van der Waals surface area contributed by atoms with E-state index < -0.39 is 0 Å². The molecule has 0 radical (unpaired) electrons. The molecule has 0 amide bonds.